The lowest BCUT2D eigenvalue weighted by Gasteiger charge is -2.19. The van der Waals surface area contributed by atoms with Crippen molar-refractivity contribution in [3.8, 4) is 23.0 Å². The van der Waals surface area contributed by atoms with Crippen molar-refractivity contribution in [2.24, 2.45) is 0 Å². The van der Waals surface area contributed by atoms with E-state index in [1.54, 1.807) is 26.4 Å². The minimum Gasteiger partial charge on any atom is -0.493 e. The molecule has 37 heavy (non-hydrogen) atoms. The smallest absolute Gasteiger partial charge is 0.263 e. The summed E-state index contributed by atoms with van der Waals surface area (Å²) in [6, 6.07) is 17.4. The summed E-state index contributed by atoms with van der Waals surface area (Å²) < 4.78 is 50.8. The van der Waals surface area contributed by atoms with Crippen LogP contribution in [0.3, 0.4) is 0 Å². The molecule has 0 radical (unpaired) electrons. The number of hydrogen-bond donors (Lipinski definition) is 2. The lowest BCUT2D eigenvalue weighted by atomic mass is 10.1. The number of hydrogen-bond acceptors (Lipinski definition) is 9. The lowest BCUT2D eigenvalue weighted by molar-refractivity contribution is 0.171. The van der Waals surface area contributed by atoms with Crippen LogP contribution in [-0.2, 0) is 16.4 Å². The Hall–Kier alpha value is -4.25. The monoisotopic (exact) mass is 522 g/mol. The van der Waals surface area contributed by atoms with Gasteiger partial charge in [-0.15, -0.1) is 0 Å². The number of anilines is 2. The molecule has 5 rings (SSSR count). The second kappa shape index (κ2) is 10.4. The number of sulfonamides is 1. The number of nitrogens with zero attached hydrogens (tertiary/aromatic N) is 2. The normalized spacial score (nSPS) is 12.7. The van der Waals surface area contributed by atoms with Gasteiger partial charge in [0.15, 0.2) is 34.6 Å². The number of nitrogens with one attached hydrogen (secondary N) is 2. The van der Waals surface area contributed by atoms with E-state index in [-0.39, 0.29) is 10.7 Å². The van der Waals surface area contributed by atoms with Crippen molar-refractivity contribution >= 4 is 32.7 Å². The number of aromatic nitrogens is 2. The summed E-state index contributed by atoms with van der Waals surface area (Å²) in [5.41, 5.74) is 2.21. The van der Waals surface area contributed by atoms with Crippen LogP contribution >= 0.6 is 0 Å². The molecule has 0 saturated heterocycles. The fourth-order valence-corrected chi connectivity index (χ4v) is 4.96. The summed E-state index contributed by atoms with van der Waals surface area (Å²) in [7, 11) is -0.814. The van der Waals surface area contributed by atoms with Crippen molar-refractivity contribution in [2.75, 3.05) is 44.0 Å². The zero-order chi connectivity index (χ0) is 25.8. The molecule has 192 valence electrons. The maximum atomic E-state index is 13.3. The van der Waals surface area contributed by atoms with E-state index in [1.165, 1.54) is 12.1 Å². The lowest BCUT2D eigenvalue weighted by Crippen LogP contribution is -2.19. The van der Waals surface area contributed by atoms with Gasteiger partial charge in [-0.05, 0) is 48.4 Å². The van der Waals surface area contributed by atoms with E-state index in [4.69, 9.17) is 18.9 Å². The molecule has 0 bridgehead atoms. The second-order valence-corrected chi connectivity index (χ2v) is 9.87. The molecule has 3 aromatic carbocycles. The van der Waals surface area contributed by atoms with E-state index in [0.717, 1.165) is 5.56 Å². The first kappa shape index (κ1) is 24.4. The summed E-state index contributed by atoms with van der Waals surface area (Å²) >= 11 is 0. The highest BCUT2D eigenvalue weighted by Gasteiger charge is 2.22. The SMILES string of the molecule is COc1ccc(CCNc2nc3ccccc3nc2NS(=O)(=O)c2ccc3c(c2)OCCO3)cc1OC. The van der Waals surface area contributed by atoms with E-state index < -0.39 is 10.0 Å². The van der Waals surface area contributed by atoms with Gasteiger partial charge in [-0.2, -0.15) is 0 Å². The van der Waals surface area contributed by atoms with Crippen molar-refractivity contribution in [3.63, 3.8) is 0 Å². The first-order chi connectivity index (χ1) is 18.0. The summed E-state index contributed by atoms with van der Waals surface area (Å²) in [6.07, 6.45) is 0.628. The molecular weight excluding hydrogens is 496 g/mol. The topological polar surface area (TPSA) is 121 Å². The second-order valence-electron chi connectivity index (χ2n) is 8.19. The molecular formula is C26H26N4O6S. The number of methoxy groups -OCH3 is 2. The van der Waals surface area contributed by atoms with Gasteiger partial charge in [0.2, 0.25) is 0 Å². The van der Waals surface area contributed by atoms with Crippen LogP contribution in [0.25, 0.3) is 11.0 Å². The third-order valence-corrected chi connectivity index (χ3v) is 7.12. The quantitative estimate of drug-likeness (QED) is 0.337. The molecule has 1 aromatic heterocycles. The van der Waals surface area contributed by atoms with Gasteiger partial charge >= 0.3 is 0 Å². The molecule has 0 atom stereocenters. The van der Waals surface area contributed by atoms with Gasteiger partial charge in [-0.3, -0.25) is 4.72 Å². The van der Waals surface area contributed by atoms with Gasteiger partial charge in [0.05, 0.1) is 30.1 Å². The van der Waals surface area contributed by atoms with Crippen molar-refractivity contribution in [1.29, 1.82) is 0 Å². The molecule has 0 unspecified atom stereocenters. The van der Waals surface area contributed by atoms with Crippen LogP contribution in [0.5, 0.6) is 23.0 Å². The number of rotatable bonds is 9. The minimum absolute atomic E-state index is 0.0305. The molecule has 2 N–H and O–H groups in total. The number of ether oxygens (including phenoxy) is 4. The van der Waals surface area contributed by atoms with Crippen molar-refractivity contribution in [3.05, 3.63) is 66.2 Å². The van der Waals surface area contributed by atoms with Crippen LogP contribution in [0, 0.1) is 0 Å². The van der Waals surface area contributed by atoms with E-state index in [0.29, 0.717) is 66.0 Å². The Morgan fingerprint density at radius 3 is 2.27 bits per heavy atom. The maximum absolute atomic E-state index is 13.3. The predicted molar refractivity (Wildman–Crippen MR) is 140 cm³/mol. The first-order valence-electron chi connectivity index (χ1n) is 11.6. The highest BCUT2D eigenvalue weighted by atomic mass is 32.2. The molecule has 0 spiro atoms. The fourth-order valence-electron chi connectivity index (χ4n) is 3.93. The van der Waals surface area contributed by atoms with Crippen LogP contribution in [0.1, 0.15) is 5.56 Å². The third kappa shape index (κ3) is 5.31. The molecule has 10 nitrogen and oxygen atoms in total. The minimum atomic E-state index is -3.99. The van der Waals surface area contributed by atoms with Gasteiger partial charge in [0, 0.05) is 12.6 Å². The van der Waals surface area contributed by atoms with Gasteiger partial charge in [-0.25, -0.2) is 18.4 Å². The molecule has 0 saturated carbocycles. The number of benzene rings is 3. The third-order valence-electron chi connectivity index (χ3n) is 5.78. The predicted octanol–water partition coefficient (Wildman–Crippen LogP) is 3.87. The molecule has 0 fully saturated rings. The highest BCUT2D eigenvalue weighted by molar-refractivity contribution is 7.92. The standard InChI is InChI=1S/C26H26N4O6S/c1-33-21-9-7-17(15-23(21)34-2)11-12-27-25-26(29-20-6-4-3-5-19(20)28-25)30-37(31,32)18-8-10-22-24(16-18)36-14-13-35-22/h3-10,15-16H,11-14H2,1-2H3,(H,27,28)(H,29,30). The van der Waals surface area contributed by atoms with E-state index >= 15 is 0 Å². The van der Waals surface area contributed by atoms with Crippen molar-refractivity contribution in [2.45, 2.75) is 11.3 Å². The van der Waals surface area contributed by atoms with Crippen LogP contribution in [0.2, 0.25) is 0 Å². The van der Waals surface area contributed by atoms with Gasteiger partial charge in [-0.1, -0.05) is 18.2 Å². The Bertz CT molecular complexity index is 1540. The number of fused-ring (bicyclic) bond motifs is 2. The Balaban J connectivity index is 1.40. The van der Waals surface area contributed by atoms with Crippen LogP contribution in [-0.4, -0.2) is 52.4 Å². The molecule has 2 heterocycles. The molecule has 0 aliphatic carbocycles. The summed E-state index contributed by atoms with van der Waals surface area (Å²) in [6.45, 7) is 1.25. The Kier molecular flexibility index (Phi) is 6.87. The highest BCUT2D eigenvalue weighted by Crippen LogP contribution is 2.33. The molecule has 4 aromatic rings. The average Bonchev–Trinajstić information content (AvgIpc) is 2.92. The zero-order valence-electron chi connectivity index (χ0n) is 20.4. The van der Waals surface area contributed by atoms with Crippen molar-refractivity contribution < 1.29 is 27.4 Å². The molecule has 11 heteroatoms. The molecule has 1 aliphatic heterocycles. The maximum Gasteiger partial charge on any atom is 0.263 e. The molecule has 0 amide bonds. The van der Waals surface area contributed by atoms with Gasteiger partial charge < -0.3 is 24.3 Å². The van der Waals surface area contributed by atoms with Crippen LogP contribution in [0.15, 0.2) is 65.6 Å². The van der Waals surface area contributed by atoms with Crippen LogP contribution in [0.4, 0.5) is 11.6 Å². The van der Waals surface area contributed by atoms with E-state index in [1.807, 2.05) is 36.4 Å². The average molecular weight is 523 g/mol. The zero-order valence-corrected chi connectivity index (χ0v) is 21.2. The summed E-state index contributed by atoms with van der Waals surface area (Å²) in [5.74, 6) is 2.59. The molecule has 1 aliphatic rings. The fraction of sp³-hybridized carbons (Fsp3) is 0.231. The summed E-state index contributed by atoms with van der Waals surface area (Å²) in [4.78, 5) is 9.20. The first-order valence-corrected chi connectivity index (χ1v) is 13.1. The Morgan fingerprint density at radius 1 is 0.838 bits per heavy atom. The van der Waals surface area contributed by atoms with Gasteiger partial charge in [0.1, 0.15) is 13.2 Å². The van der Waals surface area contributed by atoms with E-state index in [9.17, 15) is 8.42 Å². The van der Waals surface area contributed by atoms with Crippen LogP contribution < -0.4 is 29.0 Å². The van der Waals surface area contributed by atoms with Gasteiger partial charge in [0.25, 0.3) is 10.0 Å². The Labute approximate surface area is 214 Å². The number of para-hydroxylation sites is 2. The summed E-state index contributed by atoms with van der Waals surface area (Å²) in [5, 5.41) is 3.23. The van der Waals surface area contributed by atoms with Crippen molar-refractivity contribution in [1.82, 2.24) is 9.97 Å². The van der Waals surface area contributed by atoms with E-state index in [2.05, 4.69) is 20.0 Å². The largest absolute Gasteiger partial charge is 0.493 e. The Morgan fingerprint density at radius 2 is 1.54 bits per heavy atom.